The molecule has 1 aromatic carbocycles. The Morgan fingerprint density at radius 1 is 1.12 bits per heavy atom. The van der Waals surface area contributed by atoms with Crippen LogP contribution < -0.4 is 20.1 Å². The summed E-state index contributed by atoms with van der Waals surface area (Å²) >= 11 is 0. The first-order valence-corrected chi connectivity index (χ1v) is 8.06. The molecule has 0 unspecified atom stereocenters. The van der Waals surface area contributed by atoms with Crippen molar-refractivity contribution in [2.75, 3.05) is 47.4 Å². The van der Waals surface area contributed by atoms with Gasteiger partial charge in [-0.1, -0.05) is 13.0 Å². The lowest BCUT2D eigenvalue weighted by atomic mass is 10.2. The number of likely N-dealkylation sites (N-methyl/N-ethyl adjacent to an activating group) is 1. The molecule has 0 amide bonds. The zero-order chi connectivity index (χ0) is 17.1. The van der Waals surface area contributed by atoms with Crippen LogP contribution in [0.2, 0.25) is 0 Å². The van der Waals surface area contributed by atoms with E-state index in [0.29, 0.717) is 6.54 Å². The number of hydrogen-bond donors (Lipinski definition) is 2. The SMILES string of the molecule is CCNC(=NCc1ccc(OC)c(OC)c1)NCCN(C)CC.I. The second-order valence-electron chi connectivity index (χ2n) is 5.21. The summed E-state index contributed by atoms with van der Waals surface area (Å²) in [6, 6.07) is 5.86. The van der Waals surface area contributed by atoms with Crippen LogP contribution in [-0.4, -0.2) is 58.3 Å². The van der Waals surface area contributed by atoms with Crippen LogP contribution in [0, 0.1) is 0 Å². The summed E-state index contributed by atoms with van der Waals surface area (Å²) < 4.78 is 10.6. The Kier molecular flexibility index (Phi) is 12.4. The highest BCUT2D eigenvalue weighted by Crippen LogP contribution is 2.27. The van der Waals surface area contributed by atoms with Gasteiger partial charge in [0.25, 0.3) is 0 Å². The Morgan fingerprint density at radius 3 is 2.42 bits per heavy atom. The highest BCUT2D eigenvalue weighted by molar-refractivity contribution is 14.0. The third-order valence-corrected chi connectivity index (χ3v) is 3.54. The molecule has 0 saturated carbocycles. The predicted octanol–water partition coefficient (Wildman–Crippen LogP) is 2.33. The maximum atomic E-state index is 5.32. The maximum Gasteiger partial charge on any atom is 0.191 e. The van der Waals surface area contributed by atoms with Gasteiger partial charge in [0.05, 0.1) is 20.8 Å². The minimum atomic E-state index is 0. The molecular formula is C17H31IN4O2. The third kappa shape index (κ3) is 8.05. The van der Waals surface area contributed by atoms with Gasteiger partial charge in [-0.05, 0) is 38.2 Å². The van der Waals surface area contributed by atoms with E-state index in [1.54, 1.807) is 14.2 Å². The predicted molar refractivity (Wildman–Crippen MR) is 111 cm³/mol. The molecule has 24 heavy (non-hydrogen) atoms. The maximum absolute atomic E-state index is 5.32. The molecule has 0 bridgehead atoms. The van der Waals surface area contributed by atoms with E-state index in [1.807, 2.05) is 18.2 Å². The van der Waals surface area contributed by atoms with Gasteiger partial charge in [-0.2, -0.15) is 0 Å². The smallest absolute Gasteiger partial charge is 0.191 e. The van der Waals surface area contributed by atoms with Crippen LogP contribution in [0.4, 0.5) is 0 Å². The molecular weight excluding hydrogens is 419 g/mol. The Balaban J connectivity index is 0.00000529. The molecule has 0 aliphatic carbocycles. The van der Waals surface area contributed by atoms with Gasteiger partial charge in [-0.3, -0.25) is 0 Å². The summed E-state index contributed by atoms with van der Waals surface area (Å²) in [5.41, 5.74) is 1.07. The number of nitrogens with one attached hydrogen (secondary N) is 2. The number of nitrogens with zero attached hydrogens (tertiary/aromatic N) is 2. The van der Waals surface area contributed by atoms with Gasteiger partial charge in [-0.15, -0.1) is 24.0 Å². The monoisotopic (exact) mass is 450 g/mol. The molecule has 0 aromatic heterocycles. The number of rotatable bonds is 9. The van der Waals surface area contributed by atoms with Crippen molar-refractivity contribution >= 4 is 29.9 Å². The van der Waals surface area contributed by atoms with Crippen molar-refractivity contribution in [3.63, 3.8) is 0 Å². The van der Waals surface area contributed by atoms with Gasteiger partial charge < -0.3 is 25.0 Å². The van der Waals surface area contributed by atoms with E-state index in [-0.39, 0.29) is 24.0 Å². The van der Waals surface area contributed by atoms with Gasteiger partial charge in [0.2, 0.25) is 0 Å². The second kappa shape index (κ2) is 13.1. The molecule has 0 radical (unpaired) electrons. The fourth-order valence-electron chi connectivity index (χ4n) is 2.01. The van der Waals surface area contributed by atoms with E-state index in [0.717, 1.165) is 49.2 Å². The molecule has 0 spiro atoms. The minimum Gasteiger partial charge on any atom is -0.493 e. The van der Waals surface area contributed by atoms with Crippen LogP contribution in [0.3, 0.4) is 0 Å². The van der Waals surface area contributed by atoms with Gasteiger partial charge in [0, 0.05) is 19.6 Å². The molecule has 0 atom stereocenters. The summed E-state index contributed by atoms with van der Waals surface area (Å²) in [7, 11) is 5.38. The normalized spacial score (nSPS) is 11.0. The summed E-state index contributed by atoms with van der Waals surface area (Å²) in [4.78, 5) is 6.87. The summed E-state index contributed by atoms with van der Waals surface area (Å²) in [5.74, 6) is 2.28. The summed E-state index contributed by atoms with van der Waals surface area (Å²) in [6.45, 7) is 8.52. The van der Waals surface area contributed by atoms with Gasteiger partial charge in [-0.25, -0.2) is 4.99 Å². The molecule has 138 valence electrons. The number of aliphatic imine (C=N–C) groups is 1. The summed E-state index contributed by atoms with van der Waals surface area (Å²) in [6.07, 6.45) is 0. The Hall–Kier alpha value is -1.22. The largest absolute Gasteiger partial charge is 0.493 e. The number of guanidine groups is 1. The summed E-state index contributed by atoms with van der Waals surface area (Å²) in [5, 5.41) is 6.61. The standard InChI is InChI=1S/C17H30N4O2.HI/c1-6-18-17(19-10-11-21(3)7-2)20-13-14-8-9-15(22-4)16(12-14)23-5;/h8-9,12H,6-7,10-11,13H2,1-5H3,(H2,18,19,20);1H. The fourth-order valence-corrected chi connectivity index (χ4v) is 2.01. The molecule has 0 aliphatic heterocycles. The van der Waals surface area contributed by atoms with Gasteiger partial charge in [0.15, 0.2) is 17.5 Å². The van der Waals surface area contributed by atoms with Gasteiger partial charge in [0.1, 0.15) is 0 Å². The molecule has 1 aromatic rings. The van der Waals surface area contributed by atoms with E-state index in [4.69, 9.17) is 9.47 Å². The van der Waals surface area contributed by atoms with Crippen LogP contribution in [0.25, 0.3) is 0 Å². The highest BCUT2D eigenvalue weighted by atomic mass is 127. The quantitative estimate of drug-likeness (QED) is 0.344. The van der Waals surface area contributed by atoms with Gasteiger partial charge >= 0.3 is 0 Å². The average molecular weight is 450 g/mol. The van der Waals surface area contributed by atoms with Crippen molar-refractivity contribution in [3.8, 4) is 11.5 Å². The number of hydrogen-bond acceptors (Lipinski definition) is 4. The second-order valence-corrected chi connectivity index (χ2v) is 5.21. The van der Waals surface area contributed by atoms with Crippen molar-refractivity contribution in [1.29, 1.82) is 0 Å². The number of methoxy groups -OCH3 is 2. The number of benzene rings is 1. The average Bonchev–Trinajstić information content (AvgIpc) is 2.58. The van der Waals surface area contributed by atoms with Crippen LogP contribution in [-0.2, 0) is 6.54 Å². The zero-order valence-corrected chi connectivity index (χ0v) is 17.7. The minimum absolute atomic E-state index is 0. The first kappa shape index (κ1) is 22.8. The molecule has 6 nitrogen and oxygen atoms in total. The van der Waals surface area contributed by atoms with Crippen molar-refractivity contribution in [3.05, 3.63) is 23.8 Å². The lowest BCUT2D eigenvalue weighted by molar-refractivity contribution is 0.354. The van der Waals surface area contributed by atoms with Crippen LogP contribution in [0.15, 0.2) is 23.2 Å². The lowest BCUT2D eigenvalue weighted by Gasteiger charge is -2.16. The van der Waals surface area contributed by atoms with E-state index in [2.05, 4.69) is 41.4 Å². The first-order chi connectivity index (χ1) is 11.1. The molecule has 0 heterocycles. The van der Waals surface area contributed by atoms with Crippen LogP contribution >= 0.6 is 24.0 Å². The van der Waals surface area contributed by atoms with E-state index < -0.39 is 0 Å². The van der Waals surface area contributed by atoms with Crippen molar-refractivity contribution < 1.29 is 9.47 Å². The van der Waals surface area contributed by atoms with Crippen molar-refractivity contribution in [1.82, 2.24) is 15.5 Å². The Labute approximate surface area is 163 Å². The van der Waals surface area contributed by atoms with E-state index >= 15 is 0 Å². The topological polar surface area (TPSA) is 58.1 Å². The molecule has 7 heteroatoms. The lowest BCUT2D eigenvalue weighted by Crippen LogP contribution is -2.40. The molecule has 0 saturated heterocycles. The number of halogens is 1. The van der Waals surface area contributed by atoms with E-state index in [1.165, 1.54) is 0 Å². The molecule has 0 fully saturated rings. The molecule has 1 rings (SSSR count). The zero-order valence-electron chi connectivity index (χ0n) is 15.4. The number of ether oxygens (including phenoxy) is 2. The Morgan fingerprint density at radius 2 is 1.83 bits per heavy atom. The van der Waals surface area contributed by atoms with Crippen molar-refractivity contribution in [2.24, 2.45) is 4.99 Å². The van der Waals surface area contributed by atoms with Crippen molar-refractivity contribution in [2.45, 2.75) is 20.4 Å². The first-order valence-electron chi connectivity index (χ1n) is 8.06. The van der Waals surface area contributed by atoms with E-state index in [9.17, 15) is 0 Å². The van der Waals surface area contributed by atoms with Crippen LogP contribution in [0.1, 0.15) is 19.4 Å². The van der Waals surface area contributed by atoms with Crippen LogP contribution in [0.5, 0.6) is 11.5 Å². The highest BCUT2D eigenvalue weighted by Gasteiger charge is 2.05. The Bertz CT molecular complexity index is 497. The third-order valence-electron chi connectivity index (χ3n) is 3.54. The molecule has 2 N–H and O–H groups in total. The fraction of sp³-hybridized carbons (Fsp3) is 0.588. The molecule has 0 aliphatic rings.